The summed E-state index contributed by atoms with van der Waals surface area (Å²) in [4.78, 5) is 23.1. The van der Waals surface area contributed by atoms with Crippen molar-refractivity contribution in [3.05, 3.63) is 24.2 Å². The highest BCUT2D eigenvalue weighted by molar-refractivity contribution is 5.73. The molecule has 0 amide bonds. The van der Waals surface area contributed by atoms with Gasteiger partial charge in [-0.15, -0.1) is 0 Å². The van der Waals surface area contributed by atoms with Crippen molar-refractivity contribution in [2.75, 3.05) is 26.7 Å². The van der Waals surface area contributed by atoms with Gasteiger partial charge >= 0.3 is 24.3 Å². The second-order valence-electron chi connectivity index (χ2n) is 9.26. The number of alkyl halides is 6. The molecule has 1 aliphatic heterocycles. The summed E-state index contributed by atoms with van der Waals surface area (Å²) < 4.78 is 69.0. The Labute approximate surface area is 198 Å². The Kier molecular flexibility index (Phi) is 9.63. The van der Waals surface area contributed by atoms with Crippen LogP contribution in [0.15, 0.2) is 22.8 Å². The molecule has 2 heterocycles. The smallest absolute Gasteiger partial charge is 0.475 e. The summed E-state index contributed by atoms with van der Waals surface area (Å²) in [5, 5.41) is 14.2. The summed E-state index contributed by atoms with van der Waals surface area (Å²) in [6, 6.07) is 4.86. The number of hydrogen-bond donors (Lipinski definition) is 2. The van der Waals surface area contributed by atoms with Crippen LogP contribution in [0.25, 0.3) is 0 Å². The van der Waals surface area contributed by atoms with E-state index in [-0.39, 0.29) is 0 Å². The van der Waals surface area contributed by atoms with Crippen LogP contribution in [0.3, 0.4) is 0 Å². The highest BCUT2D eigenvalue weighted by Crippen LogP contribution is 2.51. The van der Waals surface area contributed by atoms with Crippen LogP contribution in [0.2, 0.25) is 0 Å². The van der Waals surface area contributed by atoms with Crippen molar-refractivity contribution in [1.82, 2.24) is 9.80 Å². The largest absolute Gasteiger partial charge is 0.490 e. The molecule has 2 saturated carbocycles. The topological polar surface area (TPSA) is 94.2 Å². The second-order valence-corrected chi connectivity index (χ2v) is 9.26. The minimum atomic E-state index is -5.08. The van der Waals surface area contributed by atoms with Gasteiger partial charge in [0.05, 0.1) is 12.8 Å². The Balaban J connectivity index is 0.000000257. The molecule has 2 aliphatic carbocycles. The second kappa shape index (κ2) is 11.6. The average molecular weight is 516 g/mol. The van der Waals surface area contributed by atoms with Gasteiger partial charge in [0, 0.05) is 12.6 Å². The number of carboxylic acids is 2. The summed E-state index contributed by atoms with van der Waals surface area (Å²) in [5.41, 5.74) is 0.612. The number of hydrogen-bond acceptors (Lipinski definition) is 5. The third kappa shape index (κ3) is 9.02. The molecular weight excluding hydrogens is 486 g/mol. The molecule has 2 N–H and O–H groups in total. The number of furan rings is 1. The Bertz CT molecular complexity index is 791. The average Bonchev–Trinajstić information content (AvgIpc) is 3.39. The van der Waals surface area contributed by atoms with E-state index in [9.17, 15) is 26.3 Å². The Morgan fingerprint density at radius 2 is 1.54 bits per heavy atom. The Morgan fingerprint density at radius 3 is 1.89 bits per heavy atom. The molecule has 1 atom stereocenters. The van der Waals surface area contributed by atoms with Gasteiger partial charge < -0.3 is 19.5 Å². The Hall–Kier alpha value is -2.28. The van der Waals surface area contributed by atoms with E-state index in [1.165, 1.54) is 58.2 Å². The first-order chi connectivity index (χ1) is 16.1. The summed E-state index contributed by atoms with van der Waals surface area (Å²) in [6.45, 7) is 5.01. The number of carboxylic acid groups (broad SMARTS) is 2. The van der Waals surface area contributed by atoms with E-state index < -0.39 is 24.3 Å². The number of likely N-dealkylation sites (tertiary alicyclic amines) is 1. The van der Waals surface area contributed by atoms with Crippen molar-refractivity contribution in [3.63, 3.8) is 0 Å². The summed E-state index contributed by atoms with van der Waals surface area (Å²) in [6.07, 6.45) is 0.222. The minimum Gasteiger partial charge on any atom is -0.475 e. The fraction of sp³-hybridized carbons (Fsp3) is 0.727. The van der Waals surface area contributed by atoms with E-state index >= 15 is 0 Å². The highest BCUT2D eigenvalue weighted by Gasteiger charge is 2.50. The van der Waals surface area contributed by atoms with Crippen LogP contribution in [0.1, 0.15) is 44.3 Å². The van der Waals surface area contributed by atoms with E-state index in [2.05, 4.69) is 22.9 Å². The van der Waals surface area contributed by atoms with E-state index in [0.717, 1.165) is 24.3 Å². The fourth-order valence-corrected chi connectivity index (χ4v) is 4.56. The van der Waals surface area contributed by atoms with Gasteiger partial charge in [0.15, 0.2) is 0 Å². The summed E-state index contributed by atoms with van der Waals surface area (Å²) >= 11 is 0. The third-order valence-corrected chi connectivity index (χ3v) is 6.69. The van der Waals surface area contributed by atoms with Crippen molar-refractivity contribution >= 4 is 11.9 Å². The molecule has 0 bridgehead atoms. The number of aliphatic carboxylic acids is 2. The number of nitrogens with zero attached hydrogens (tertiary/aromatic N) is 2. The standard InChI is InChI=1S/C18H28N2O.2C2HF3O2/c1-19(14-16-3-2-12-21-16)17-6-7-18(17)8-10-20(11-9-18)13-15-4-5-15;2*3-2(4,5)1(6)7/h2-3,12,15,17H,4-11,13-14H2,1H3;2*(H,6,7). The van der Waals surface area contributed by atoms with Crippen molar-refractivity contribution in [2.24, 2.45) is 11.3 Å². The van der Waals surface area contributed by atoms with E-state index in [0.29, 0.717) is 5.41 Å². The maximum atomic E-state index is 10.6. The SMILES string of the molecule is CN(Cc1ccco1)C1CCC12CCN(CC1CC1)CC2.O=C(O)C(F)(F)F.O=C(O)C(F)(F)F. The van der Waals surface area contributed by atoms with Gasteiger partial charge in [0.2, 0.25) is 0 Å². The van der Waals surface area contributed by atoms with E-state index in [1.54, 1.807) is 6.26 Å². The van der Waals surface area contributed by atoms with Crippen molar-refractivity contribution in [2.45, 2.75) is 63.5 Å². The lowest BCUT2D eigenvalue weighted by atomic mass is 9.58. The lowest BCUT2D eigenvalue weighted by Crippen LogP contribution is -2.58. The quantitative estimate of drug-likeness (QED) is 0.551. The van der Waals surface area contributed by atoms with Gasteiger partial charge in [0.25, 0.3) is 0 Å². The van der Waals surface area contributed by atoms with Crippen LogP contribution in [0.4, 0.5) is 26.3 Å². The zero-order valence-corrected chi connectivity index (χ0v) is 19.2. The predicted molar refractivity (Wildman–Crippen MR) is 111 cm³/mol. The van der Waals surface area contributed by atoms with Crippen LogP contribution >= 0.6 is 0 Å². The zero-order valence-electron chi connectivity index (χ0n) is 19.2. The maximum absolute atomic E-state index is 10.6. The minimum absolute atomic E-state index is 0.612. The first kappa shape index (κ1) is 29.0. The number of piperidine rings is 1. The van der Waals surface area contributed by atoms with Crippen LogP contribution in [0, 0.1) is 11.3 Å². The summed E-state index contributed by atoms with van der Waals surface area (Å²) in [5.74, 6) is -3.37. The molecule has 200 valence electrons. The number of halogens is 6. The van der Waals surface area contributed by atoms with Crippen molar-refractivity contribution in [3.8, 4) is 0 Å². The van der Waals surface area contributed by atoms with E-state index in [1.807, 2.05) is 6.07 Å². The molecule has 3 aliphatic rings. The molecule has 1 spiro atoms. The molecular formula is C22H30F6N2O5. The van der Waals surface area contributed by atoms with Crippen LogP contribution in [-0.4, -0.2) is 77.0 Å². The Morgan fingerprint density at radius 1 is 1.03 bits per heavy atom. The molecule has 1 unspecified atom stereocenters. The van der Waals surface area contributed by atoms with Crippen LogP contribution in [0.5, 0.6) is 0 Å². The maximum Gasteiger partial charge on any atom is 0.490 e. The molecule has 1 saturated heterocycles. The lowest BCUT2D eigenvalue weighted by Gasteiger charge is -2.57. The molecule has 13 heteroatoms. The van der Waals surface area contributed by atoms with Gasteiger partial charge in [-0.3, -0.25) is 4.90 Å². The molecule has 0 radical (unpaired) electrons. The molecule has 3 fully saturated rings. The third-order valence-electron chi connectivity index (χ3n) is 6.69. The predicted octanol–water partition coefficient (Wildman–Crippen LogP) is 4.63. The molecule has 1 aromatic heterocycles. The monoisotopic (exact) mass is 516 g/mol. The van der Waals surface area contributed by atoms with Crippen LogP contribution < -0.4 is 0 Å². The lowest BCUT2D eigenvalue weighted by molar-refractivity contribution is -0.193. The van der Waals surface area contributed by atoms with E-state index in [4.69, 9.17) is 24.2 Å². The van der Waals surface area contributed by atoms with Gasteiger partial charge in [0.1, 0.15) is 5.76 Å². The molecule has 1 aromatic rings. The van der Waals surface area contributed by atoms with Gasteiger partial charge in [-0.2, -0.15) is 26.3 Å². The number of carbonyl (C=O) groups is 2. The van der Waals surface area contributed by atoms with Crippen molar-refractivity contribution in [1.29, 1.82) is 0 Å². The van der Waals surface area contributed by atoms with Crippen LogP contribution in [-0.2, 0) is 16.1 Å². The van der Waals surface area contributed by atoms with Gasteiger partial charge in [-0.25, -0.2) is 9.59 Å². The summed E-state index contributed by atoms with van der Waals surface area (Å²) in [7, 11) is 2.28. The number of rotatable bonds is 5. The zero-order chi connectivity index (χ0) is 26.4. The first-order valence-electron chi connectivity index (χ1n) is 11.2. The highest BCUT2D eigenvalue weighted by atomic mass is 19.4. The normalized spacial score (nSPS) is 21.9. The molecule has 7 nitrogen and oxygen atoms in total. The molecule has 4 rings (SSSR count). The molecule has 0 aromatic carbocycles. The molecule has 35 heavy (non-hydrogen) atoms. The van der Waals surface area contributed by atoms with Gasteiger partial charge in [-0.05, 0) is 82.1 Å². The van der Waals surface area contributed by atoms with Crippen molar-refractivity contribution < 1.29 is 50.6 Å². The first-order valence-corrected chi connectivity index (χ1v) is 11.2. The fourth-order valence-electron chi connectivity index (χ4n) is 4.56. The van der Waals surface area contributed by atoms with Gasteiger partial charge in [-0.1, -0.05) is 0 Å².